The number of halogens is 1. The van der Waals surface area contributed by atoms with Crippen molar-refractivity contribution in [2.45, 2.75) is 13.1 Å². The van der Waals surface area contributed by atoms with Crippen molar-refractivity contribution < 1.29 is 4.42 Å². The topological polar surface area (TPSA) is 66.9 Å². The van der Waals surface area contributed by atoms with E-state index in [0.29, 0.717) is 24.0 Å². The Kier molecular flexibility index (Phi) is 5.39. The minimum absolute atomic E-state index is 0.0183. The standard InChI is InChI=1S/C21H20ClN5O2S/c22-16-3-1-15(2-4-16)18-12-23-19(29-18)14-26-7-5-25(6-8-26)13-17-11-20(28)27-9-10-30-21(27)24-17/h1-4,9-12H,5-8,13-14H2. The van der Waals surface area contributed by atoms with E-state index in [9.17, 15) is 4.79 Å². The van der Waals surface area contributed by atoms with E-state index >= 15 is 0 Å². The van der Waals surface area contributed by atoms with Crippen LogP contribution < -0.4 is 5.56 Å². The number of thiazole rings is 1. The van der Waals surface area contributed by atoms with Gasteiger partial charge in [0.05, 0.1) is 18.4 Å². The van der Waals surface area contributed by atoms with Crippen molar-refractivity contribution in [2.75, 3.05) is 26.2 Å². The largest absolute Gasteiger partial charge is 0.439 e. The fourth-order valence-electron chi connectivity index (χ4n) is 3.63. The van der Waals surface area contributed by atoms with Crippen molar-refractivity contribution >= 4 is 27.9 Å². The number of piperazine rings is 1. The molecule has 4 aromatic rings. The van der Waals surface area contributed by atoms with E-state index in [1.807, 2.05) is 29.6 Å². The Morgan fingerprint density at radius 3 is 2.57 bits per heavy atom. The summed E-state index contributed by atoms with van der Waals surface area (Å²) >= 11 is 7.43. The van der Waals surface area contributed by atoms with Crippen LogP contribution in [0.2, 0.25) is 5.02 Å². The van der Waals surface area contributed by atoms with E-state index in [4.69, 9.17) is 16.0 Å². The zero-order chi connectivity index (χ0) is 20.5. The van der Waals surface area contributed by atoms with Crippen molar-refractivity contribution in [3.8, 4) is 11.3 Å². The molecular weight excluding hydrogens is 422 g/mol. The summed E-state index contributed by atoms with van der Waals surface area (Å²) < 4.78 is 7.51. The van der Waals surface area contributed by atoms with E-state index in [2.05, 4.69) is 19.8 Å². The Morgan fingerprint density at radius 2 is 1.80 bits per heavy atom. The van der Waals surface area contributed by atoms with Gasteiger partial charge in [-0.15, -0.1) is 11.3 Å². The Balaban J connectivity index is 1.17. The van der Waals surface area contributed by atoms with Crippen LogP contribution in [0.4, 0.5) is 0 Å². The molecule has 0 spiro atoms. The summed E-state index contributed by atoms with van der Waals surface area (Å²) in [6.07, 6.45) is 3.53. The average Bonchev–Trinajstić information content (AvgIpc) is 3.40. The highest BCUT2D eigenvalue weighted by Crippen LogP contribution is 2.23. The number of aromatic nitrogens is 3. The second kappa shape index (κ2) is 8.31. The molecule has 0 N–H and O–H groups in total. The van der Waals surface area contributed by atoms with E-state index in [0.717, 1.165) is 48.2 Å². The van der Waals surface area contributed by atoms with Crippen LogP contribution in [-0.2, 0) is 13.1 Å². The number of hydrogen-bond acceptors (Lipinski definition) is 7. The number of hydrogen-bond donors (Lipinski definition) is 0. The van der Waals surface area contributed by atoms with Crippen molar-refractivity contribution in [3.63, 3.8) is 0 Å². The van der Waals surface area contributed by atoms with Gasteiger partial charge >= 0.3 is 0 Å². The normalized spacial score (nSPS) is 15.8. The molecule has 5 rings (SSSR count). The Labute approximate surface area is 182 Å². The predicted octanol–water partition coefficient (Wildman–Crippen LogP) is 3.38. The SMILES string of the molecule is O=c1cc(CN2CCN(Cc3ncc(-c4ccc(Cl)cc4)o3)CC2)nc2sccn12. The number of benzene rings is 1. The van der Waals surface area contributed by atoms with Crippen LogP contribution in [0.1, 0.15) is 11.6 Å². The molecule has 0 atom stereocenters. The molecule has 0 bridgehead atoms. The summed E-state index contributed by atoms with van der Waals surface area (Å²) in [5.74, 6) is 1.47. The second-order valence-corrected chi connectivity index (χ2v) is 8.63. The number of nitrogens with zero attached hydrogens (tertiary/aromatic N) is 5. The van der Waals surface area contributed by atoms with Gasteiger partial charge in [0.25, 0.3) is 5.56 Å². The van der Waals surface area contributed by atoms with Gasteiger partial charge in [0.1, 0.15) is 0 Å². The third-order valence-electron chi connectivity index (χ3n) is 5.25. The van der Waals surface area contributed by atoms with Gasteiger partial charge in [-0.3, -0.25) is 19.0 Å². The first kappa shape index (κ1) is 19.4. The zero-order valence-electron chi connectivity index (χ0n) is 16.2. The molecule has 0 saturated carbocycles. The maximum atomic E-state index is 12.2. The molecule has 1 aromatic carbocycles. The molecule has 30 heavy (non-hydrogen) atoms. The number of rotatable bonds is 5. The first-order valence-electron chi connectivity index (χ1n) is 9.75. The van der Waals surface area contributed by atoms with Crippen LogP contribution in [0.5, 0.6) is 0 Å². The van der Waals surface area contributed by atoms with E-state index in [1.54, 1.807) is 22.9 Å². The van der Waals surface area contributed by atoms with Gasteiger partial charge in [-0.2, -0.15) is 0 Å². The highest BCUT2D eigenvalue weighted by Gasteiger charge is 2.20. The molecule has 1 aliphatic rings. The maximum Gasteiger partial charge on any atom is 0.258 e. The monoisotopic (exact) mass is 441 g/mol. The Morgan fingerprint density at radius 1 is 1.07 bits per heavy atom. The molecule has 0 amide bonds. The summed E-state index contributed by atoms with van der Waals surface area (Å²) in [5, 5.41) is 2.58. The van der Waals surface area contributed by atoms with Crippen LogP contribution >= 0.6 is 22.9 Å². The van der Waals surface area contributed by atoms with Crippen LogP contribution in [-0.4, -0.2) is 50.3 Å². The summed E-state index contributed by atoms with van der Waals surface area (Å²) in [6.45, 7) is 5.03. The Hall–Kier alpha value is -2.52. The minimum atomic E-state index is -0.0183. The summed E-state index contributed by atoms with van der Waals surface area (Å²) in [5.41, 5.74) is 1.78. The molecule has 9 heteroatoms. The summed E-state index contributed by atoms with van der Waals surface area (Å²) in [7, 11) is 0. The molecular formula is C21H20ClN5O2S. The van der Waals surface area contributed by atoms with Crippen molar-refractivity contribution in [2.24, 2.45) is 0 Å². The van der Waals surface area contributed by atoms with Gasteiger partial charge in [0.2, 0.25) is 5.89 Å². The van der Waals surface area contributed by atoms with Gasteiger partial charge < -0.3 is 4.42 Å². The van der Waals surface area contributed by atoms with E-state index in [-0.39, 0.29) is 5.56 Å². The van der Waals surface area contributed by atoms with Crippen molar-refractivity contribution in [1.29, 1.82) is 0 Å². The van der Waals surface area contributed by atoms with Crippen molar-refractivity contribution in [3.05, 3.63) is 75.1 Å². The lowest BCUT2D eigenvalue weighted by atomic mass is 10.2. The molecule has 3 aromatic heterocycles. The fraction of sp³-hybridized carbons (Fsp3) is 0.286. The predicted molar refractivity (Wildman–Crippen MR) is 117 cm³/mol. The molecule has 154 valence electrons. The van der Waals surface area contributed by atoms with Crippen molar-refractivity contribution in [1.82, 2.24) is 24.2 Å². The summed E-state index contributed by atoms with van der Waals surface area (Å²) in [6, 6.07) is 9.18. The minimum Gasteiger partial charge on any atom is -0.439 e. The zero-order valence-corrected chi connectivity index (χ0v) is 17.8. The maximum absolute atomic E-state index is 12.2. The highest BCUT2D eigenvalue weighted by molar-refractivity contribution is 7.15. The first-order chi connectivity index (χ1) is 14.6. The molecule has 7 nitrogen and oxygen atoms in total. The molecule has 0 aliphatic carbocycles. The van der Waals surface area contributed by atoms with Gasteiger partial charge in [0.15, 0.2) is 10.7 Å². The third kappa shape index (κ3) is 4.17. The van der Waals surface area contributed by atoms with Crippen LogP contribution in [0.3, 0.4) is 0 Å². The summed E-state index contributed by atoms with van der Waals surface area (Å²) in [4.78, 5) is 26.6. The number of fused-ring (bicyclic) bond motifs is 1. The van der Waals surface area contributed by atoms with Crippen LogP contribution in [0, 0.1) is 0 Å². The third-order valence-corrected chi connectivity index (χ3v) is 6.26. The number of oxazole rings is 1. The lowest BCUT2D eigenvalue weighted by Gasteiger charge is -2.33. The van der Waals surface area contributed by atoms with E-state index in [1.165, 1.54) is 11.3 Å². The molecule has 0 radical (unpaired) electrons. The quantitative estimate of drug-likeness (QED) is 0.473. The molecule has 1 fully saturated rings. The molecule has 0 unspecified atom stereocenters. The van der Waals surface area contributed by atoms with Crippen LogP contribution in [0.15, 0.2) is 57.3 Å². The smallest absolute Gasteiger partial charge is 0.258 e. The molecule has 1 aliphatic heterocycles. The lowest BCUT2D eigenvalue weighted by molar-refractivity contribution is 0.114. The Bertz CT molecular complexity index is 1210. The van der Waals surface area contributed by atoms with Gasteiger partial charge in [-0.25, -0.2) is 9.97 Å². The lowest BCUT2D eigenvalue weighted by Crippen LogP contribution is -2.45. The van der Waals surface area contributed by atoms with Gasteiger partial charge in [-0.1, -0.05) is 11.6 Å². The van der Waals surface area contributed by atoms with Crippen LogP contribution in [0.25, 0.3) is 16.3 Å². The molecule has 1 saturated heterocycles. The molecule has 4 heterocycles. The van der Waals surface area contributed by atoms with Gasteiger partial charge in [0, 0.05) is 61.0 Å². The van der Waals surface area contributed by atoms with Gasteiger partial charge in [-0.05, 0) is 24.3 Å². The van der Waals surface area contributed by atoms with E-state index < -0.39 is 0 Å². The first-order valence-corrected chi connectivity index (χ1v) is 11.0. The average molecular weight is 442 g/mol. The highest BCUT2D eigenvalue weighted by atomic mass is 35.5. The second-order valence-electron chi connectivity index (χ2n) is 7.32. The fourth-order valence-corrected chi connectivity index (χ4v) is 4.49.